The molecular weight excluding hydrogens is 282 g/mol. The summed E-state index contributed by atoms with van der Waals surface area (Å²) < 4.78 is 22.8. The Hall–Kier alpha value is -0.870. The van der Waals surface area contributed by atoms with Crippen LogP contribution in [0.5, 0.6) is 0 Å². The third-order valence-corrected chi connectivity index (χ3v) is 4.44. The highest BCUT2D eigenvalue weighted by atomic mass is 32.2. The van der Waals surface area contributed by atoms with Crippen molar-refractivity contribution in [3.05, 3.63) is 35.4 Å². The Kier molecular flexibility index (Phi) is 6.41. The lowest BCUT2D eigenvalue weighted by atomic mass is 9.95. The van der Waals surface area contributed by atoms with Crippen LogP contribution in [0.2, 0.25) is 0 Å². The number of aryl methyl sites for hydroxylation is 1. The number of sulfone groups is 1. The average molecular weight is 311 g/mol. The Morgan fingerprint density at radius 3 is 2.19 bits per heavy atom. The van der Waals surface area contributed by atoms with Gasteiger partial charge in [0.05, 0.1) is 5.75 Å². The van der Waals surface area contributed by atoms with Gasteiger partial charge in [-0.15, -0.1) is 0 Å². The van der Waals surface area contributed by atoms with Crippen molar-refractivity contribution in [3.63, 3.8) is 0 Å². The smallest absolute Gasteiger partial charge is 0.147 e. The van der Waals surface area contributed by atoms with Gasteiger partial charge in [0.1, 0.15) is 9.84 Å². The first-order chi connectivity index (χ1) is 9.55. The van der Waals surface area contributed by atoms with Crippen LogP contribution in [0.25, 0.3) is 0 Å². The maximum Gasteiger partial charge on any atom is 0.147 e. The molecule has 21 heavy (non-hydrogen) atoms. The van der Waals surface area contributed by atoms with Gasteiger partial charge in [0.25, 0.3) is 0 Å². The summed E-state index contributed by atoms with van der Waals surface area (Å²) in [6, 6.07) is 8.50. The van der Waals surface area contributed by atoms with Crippen molar-refractivity contribution < 1.29 is 8.42 Å². The molecule has 0 aliphatic heterocycles. The third kappa shape index (κ3) is 8.89. The number of benzene rings is 1. The summed E-state index contributed by atoms with van der Waals surface area (Å²) in [5.74, 6) is 0.594. The molecule has 0 aliphatic carbocycles. The Bertz CT molecular complexity index is 527. The van der Waals surface area contributed by atoms with Gasteiger partial charge in [0.2, 0.25) is 0 Å². The minimum absolute atomic E-state index is 0.0522. The first-order valence-electron chi connectivity index (χ1n) is 7.53. The standard InChI is InChI=1S/C17H29NO2S/c1-14-6-8-15(9-7-14)12-16(10-11-21(5,19)20)13-18-17(2,3)4/h6-9,16,18H,10-13H2,1-5H3. The lowest BCUT2D eigenvalue weighted by Gasteiger charge is -2.25. The number of hydrogen-bond acceptors (Lipinski definition) is 3. The summed E-state index contributed by atoms with van der Waals surface area (Å²) in [5.41, 5.74) is 2.57. The molecule has 0 bridgehead atoms. The highest BCUT2D eigenvalue weighted by Gasteiger charge is 2.16. The van der Waals surface area contributed by atoms with Gasteiger partial charge in [0.15, 0.2) is 0 Å². The second kappa shape index (κ2) is 7.41. The molecule has 0 fully saturated rings. The molecular formula is C17H29NO2S. The summed E-state index contributed by atoms with van der Waals surface area (Å²) in [5, 5.41) is 3.50. The van der Waals surface area contributed by atoms with E-state index in [1.165, 1.54) is 17.4 Å². The van der Waals surface area contributed by atoms with Gasteiger partial charge in [-0.25, -0.2) is 8.42 Å². The Morgan fingerprint density at radius 2 is 1.71 bits per heavy atom. The molecule has 0 aromatic heterocycles. The van der Waals surface area contributed by atoms with E-state index in [-0.39, 0.29) is 11.3 Å². The fourth-order valence-corrected chi connectivity index (χ4v) is 2.93. The zero-order valence-electron chi connectivity index (χ0n) is 13.9. The predicted molar refractivity (Wildman–Crippen MR) is 90.5 cm³/mol. The molecule has 0 aliphatic rings. The summed E-state index contributed by atoms with van der Waals surface area (Å²) in [6.07, 6.45) is 2.93. The summed E-state index contributed by atoms with van der Waals surface area (Å²) >= 11 is 0. The number of rotatable bonds is 7. The molecule has 0 saturated carbocycles. The van der Waals surface area contributed by atoms with Crippen LogP contribution in [-0.4, -0.2) is 32.5 Å². The summed E-state index contributed by atoms with van der Waals surface area (Å²) in [4.78, 5) is 0. The van der Waals surface area contributed by atoms with Crippen LogP contribution in [0.15, 0.2) is 24.3 Å². The van der Waals surface area contributed by atoms with Crippen molar-refractivity contribution >= 4 is 9.84 Å². The van der Waals surface area contributed by atoms with E-state index in [1.54, 1.807) is 0 Å². The van der Waals surface area contributed by atoms with E-state index in [0.717, 1.165) is 13.0 Å². The number of hydrogen-bond donors (Lipinski definition) is 1. The predicted octanol–water partition coefficient (Wildman–Crippen LogP) is 2.98. The van der Waals surface area contributed by atoms with E-state index in [2.05, 4.69) is 57.3 Å². The molecule has 1 atom stereocenters. The average Bonchev–Trinajstić information content (AvgIpc) is 2.33. The molecule has 1 unspecified atom stereocenters. The van der Waals surface area contributed by atoms with Gasteiger partial charge in [-0.1, -0.05) is 29.8 Å². The van der Waals surface area contributed by atoms with E-state index >= 15 is 0 Å². The largest absolute Gasteiger partial charge is 0.312 e. The van der Waals surface area contributed by atoms with Crippen molar-refractivity contribution in [1.82, 2.24) is 5.32 Å². The first-order valence-corrected chi connectivity index (χ1v) is 9.59. The quantitative estimate of drug-likeness (QED) is 0.842. The van der Waals surface area contributed by atoms with E-state index in [1.807, 2.05) is 0 Å². The molecule has 4 heteroatoms. The SMILES string of the molecule is Cc1ccc(CC(CCS(C)(=O)=O)CNC(C)(C)C)cc1. The summed E-state index contributed by atoms with van der Waals surface area (Å²) in [7, 11) is -2.90. The third-order valence-electron chi connectivity index (χ3n) is 3.46. The maximum atomic E-state index is 11.4. The fourth-order valence-electron chi connectivity index (χ4n) is 2.17. The van der Waals surface area contributed by atoms with Crippen LogP contribution >= 0.6 is 0 Å². The van der Waals surface area contributed by atoms with Crippen LogP contribution < -0.4 is 5.32 Å². The van der Waals surface area contributed by atoms with Crippen molar-refractivity contribution in [1.29, 1.82) is 0 Å². The molecule has 0 heterocycles. The van der Waals surface area contributed by atoms with E-state index in [9.17, 15) is 8.42 Å². The molecule has 1 rings (SSSR count). The van der Waals surface area contributed by atoms with Crippen LogP contribution in [0, 0.1) is 12.8 Å². The van der Waals surface area contributed by atoms with Crippen molar-refractivity contribution in [2.45, 2.75) is 46.1 Å². The topological polar surface area (TPSA) is 46.2 Å². The molecule has 0 saturated heterocycles. The van der Waals surface area contributed by atoms with Crippen LogP contribution in [0.1, 0.15) is 38.3 Å². The normalized spacial score (nSPS) is 14.1. The highest BCUT2D eigenvalue weighted by Crippen LogP contribution is 2.15. The molecule has 120 valence electrons. The lowest BCUT2D eigenvalue weighted by molar-refractivity contribution is 0.363. The molecule has 0 radical (unpaired) electrons. The van der Waals surface area contributed by atoms with Crippen molar-refractivity contribution in [2.75, 3.05) is 18.6 Å². The molecule has 1 aromatic carbocycles. The van der Waals surface area contributed by atoms with E-state index in [4.69, 9.17) is 0 Å². The summed E-state index contributed by atoms with van der Waals surface area (Å²) in [6.45, 7) is 9.31. The Morgan fingerprint density at radius 1 is 1.14 bits per heavy atom. The minimum Gasteiger partial charge on any atom is -0.312 e. The van der Waals surface area contributed by atoms with Gasteiger partial charge in [-0.2, -0.15) is 0 Å². The van der Waals surface area contributed by atoms with Gasteiger partial charge in [-0.05, 0) is 58.6 Å². The Balaban J connectivity index is 2.68. The van der Waals surface area contributed by atoms with Crippen molar-refractivity contribution in [2.24, 2.45) is 5.92 Å². The van der Waals surface area contributed by atoms with Crippen molar-refractivity contribution in [3.8, 4) is 0 Å². The van der Waals surface area contributed by atoms with Crippen LogP contribution in [0.3, 0.4) is 0 Å². The first kappa shape index (κ1) is 18.2. The number of nitrogens with one attached hydrogen (secondary N) is 1. The van der Waals surface area contributed by atoms with Gasteiger partial charge >= 0.3 is 0 Å². The van der Waals surface area contributed by atoms with E-state index < -0.39 is 9.84 Å². The highest BCUT2D eigenvalue weighted by molar-refractivity contribution is 7.90. The van der Waals surface area contributed by atoms with Crippen LogP contribution in [-0.2, 0) is 16.3 Å². The monoisotopic (exact) mass is 311 g/mol. The van der Waals surface area contributed by atoms with Gasteiger partial charge in [0, 0.05) is 11.8 Å². The molecule has 0 spiro atoms. The zero-order valence-corrected chi connectivity index (χ0v) is 14.8. The molecule has 0 amide bonds. The lowest BCUT2D eigenvalue weighted by Crippen LogP contribution is -2.40. The fraction of sp³-hybridized carbons (Fsp3) is 0.647. The Labute approximate surface area is 130 Å². The zero-order chi connectivity index (χ0) is 16.1. The second-order valence-electron chi connectivity index (χ2n) is 7.11. The van der Waals surface area contributed by atoms with E-state index in [0.29, 0.717) is 12.3 Å². The van der Waals surface area contributed by atoms with Crippen LogP contribution in [0.4, 0.5) is 0 Å². The minimum atomic E-state index is -2.90. The molecule has 3 nitrogen and oxygen atoms in total. The van der Waals surface area contributed by atoms with Gasteiger partial charge < -0.3 is 5.32 Å². The van der Waals surface area contributed by atoms with Gasteiger partial charge in [-0.3, -0.25) is 0 Å². The second-order valence-corrected chi connectivity index (χ2v) is 9.36. The molecule has 1 N–H and O–H groups in total. The molecule has 1 aromatic rings. The maximum absolute atomic E-state index is 11.4.